The number of fused-ring (bicyclic) bond motifs is 2. The number of rotatable bonds is 0. The van der Waals surface area contributed by atoms with Gasteiger partial charge in [0.2, 0.25) is 0 Å². The molecule has 0 unspecified atom stereocenters. The standard InChI is InChI=1S/B4H2O7.BH3O3.Sr.2H/c5-1-7-3-9-2(6)10-4(8-1)11-3;2-1(3)4;;;/h5-6H;2-4H;;;. The topological polar surface area (TPSA) is 147 Å². The average Bonchev–Trinajstić information content (AvgIpc) is 1.98. The van der Waals surface area contributed by atoms with Crippen LogP contribution < -0.4 is 0 Å². The molecule has 16 heavy (non-hydrogen) atoms. The van der Waals surface area contributed by atoms with Gasteiger partial charge < -0.3 is 48.0 Å². The molecule has 2 aliphatic rings. The maximum atomic E-state index is 8.74. The van der Waals surface area contributed by atoms with E-state index >= 15 is 0 Å². The van der Waals surface area contributed by atoms with E-state index in [9.17, 15) is 0 Å². The molecule has 0 amide bonds. The second-order valence-corrected chi connectivity index (χ2v) is 2.22. The van der Waals surface area contributed by atoms with Gasteiger partial charge in [0.15, 0.2) is 0 Å². The van der Waals surface area contributed by atoms with E-state index in [0.29, 0.717) is 0 Å². The molecule has 0 radical (unpaired) electrons. The van der Waals surface area contributed by atoms with Crippen LogP contribution in [0.5, 0.6) is 0 Å². The molecule has 16 heteroatoms. The zero-order valence-electron chi connectivity index (χ0n) is 7.16. The van der Waals surface area contributed by atoms with E-state index in [1.165, 1.54) is 0 Å². The minimum atomic E-state index is -2.17. The average molecular weight is 309 g/mol. The van der Waals surface area contributed by atoms with E-state index in [1.807, 2.05) is 0 Å². The van der Waals surface area contributed by atoms with Crippen LogP contribution >= 0.6 is 0 Å². The van der Waals surface area contributed by atoms with Crippen molar-refractivity contribution in [2.45, 2.75) is 0 Å². The quantitative estimate of drug-likeness (QED) is 0.274. The summed E-state index contributed by atoms with van der Waals surface area (Å²) >= 11 is 0. The molecule has 0 aliphatic carbocycles. The molecule has 10 nitrogen and oxygen atoms in total. The summed E-state index contributed by atoms with van der Waals surface area (Å²) in [6.45, 7) is 0. The van der Waals surface area contributed by atoms with Crippen LogP contribution in [0.4, 0.5) is 0 Å². The Morgan fingerprint density at radius 3 is 1.19 bits per heavy atom. The molecule has 2 aliphatic heterocycles. The van der Waals surface area contributed by atoms with Gasteiger partial charge in [0.1, 0.15) is 0 Å². The van der Waals surface area contributed by atoms with Crippen molar-refractivity contribution in [2.24, 2.45) is 0 Å². The van der Waals surface area contributed by atoms with Gasteiger partial charge in [0.25, 0.3) is 0 Å². The van der Waals surface area contributed by atoms with Crippen LogP contribution in [0.3, 0.4) is 0 Å². The fourth-order valence-corrected chi connectivity index (χ4v) is 0.728. The molecular weight excluding hydrogens is 302 g/mol. The van der Waals surface area contributed by atoms with Gasteiger partial charge in [-0.2, -0.15) is 0 Å². The molecule has 0 aromatic carbocycles. The summed E-state index contributed by atoms with van der Waals surface area (Å²) in [7, 11) is -7.36. The molecule has 0 aromatic heterocycles. The van der Waals surface area contributed by atoms with Gasteiger partial charge in [-0.05, 0) is 0 Å². The van der Waals surface area contributed by atoms with E-state index in [1.54, 1.807) is 0 Å². The zero-order valence-corrected chi connectivity index (χ0v) is 7.16. The molecule has 0 saturated carbocycles. The van der Waals surface area contributed by atoms with E-state index in [4.69, 9.17) is 25.1 Å². The van der Waals surface area contributed by atoms with Gasteiger partial charge in [-0.15, -0.1) is 0 Å². The Hall–Kier alpha value is 1.41. The Kier molecular flexibility index (Phi) is 9.24. The fraction of sp³-hybridized carbons (Fsp3) is 0. The van der Waals surface area contributed by atoms with E-state index in [-0.39, 0.29) is 45.5 Å². The van der Waals surface area contributed by atoms with E-state index in [2.05, 4.69) is 22.9 Å². The SMILES string of the molecule is OB(O)O.OB1OB2OB(O)OB(O1)O2.[SrH2]. The van der Waals surface area contributed by atoms with Crippen LogP contribution in [0.1, 0.15) is 0 Å². The normalized spacial score (nSPS) is 18.6. The molecule has 0 spiro atoms. The Bertz CT molecular complexity index is 154. The zero-order chi connectivity index (χ0) is 11.4. The third-order valence-corrected chi connectivity index (χ3v) is 1.13. The van der Waals surface area contributed by atoms with E-state index in [0.717, 1.165) is 0 Å². The third-order valence-electron chi connectivity index (χ3n) is 1.13. The fourth-order valence-electron chi connectivity index (χ4n) is 0.728. The van der Waals surface area contributed by atoms with Crippen LogP contribution in [0.2, 0.25) is 0 Å². The Balaban J connectivity index is 0.000000397. The van der Waals surface area contributed by atoms with Crippen molar-refractivity contribution in [2.75, 3.05) is 0 Å². The first-order valence-electron chi connectivity index (χ1n) is 3.65. The van der Waals surface area contributed by atoms with Crippen molar-refractivity contribution in [3.05, 3.63) is 0 Å². The second-order valence-electron chi connectivity index (χ2n) is 2.22. The molecule has 2 heterocycles. The van der Waals surface area contributed by atoms with Crippen molar-refractivity contribution >= 4 is 82.1 Å². The van der Waals surface area contributed by atoms with Crippen LogP contribution in [0.15, 0.2) is 0 Å². The number of hydrogen-bond acceptors (Lipinski definition) is 10. The Morgan fingerprint density at radius 2 is 0.938 bits per heavy atom. The van der Waals surface area contributed by atoms with Gasteiger partial charge in [0, 0.05) is 0 Å². The molecule has 84 valence electrons. The molecule has 2 fully saturated rings. The van der Waals surface area contributed by atoms with Gasteiger partial charge in [0.05, 0.1) is 0 Å². The first-order valence-corrected chi connectivity index (χ1v) is 3.65. The van der Waals surface area contributed by atoms with Crippen LogP contribution in [0, 0.1) is 0 Å². The summed E-state index contributed by atoms with van der Waals surface area (Å²) < 4.78 is 22.6. The van der Waals surface area contributed by atoms with Crippen molar-refractivity contribution in [1.82, 2.24) is 0 Å². The predicted molar refractivity (Wildman–Crippen MR) is 53.8 cm³/mol. The summed E-state index contributed by atoms with van der Waals surface area (Å²) in [5.74, 6) is 0. The van der Waals surface area contributed by atoms with Crippen LogP contribution in [-0.4, -0.2) is 107 Å². The van der Waals surface area contributed by atoms with Crippen molar-refractivity contribution in [1.29, 1.82) is 0 Å². The van der Waals surface area contributed by atoms with Gasteiger partial charge in [-0.25, -0.2) is 0 Å². The molecular formula is H7B5O10Sr. The van der Waals surface area contributed by atoms with Crippen molar-refractivity contribution in [3.8, 4) is 0 Å². The number of hydrogen-bond donors (Lipinski definition) is 5. The molecule has 2 rings (SSSR count). The van der Waals surface area contributed by atoms with Crippen LogP contribution in [0.25, 0.3) is 0 Å². The summed E-state index contributed by atoms with van der Waals surface area (Å²) in [6, 6.07) is 0. The van der Waals surface area contributed by atoms with E-state index < -0.39 is 36.6 Å². The molecule has 2 saturated heterocycles. The third kappa shape index (κ3) is 6.98. The molecule has 0 atom stereocenters. The minimum absolute atomic E-state index is 0. The van der Waals surface area contributed by atoms with Gasteiger partial charge in [-0.3, -0.25) is 0 Å². The Morgan fingerprint density at radius 1 is 0.688 bits per heavy atom. The van der Waals surface area contributed by atoms with Crippen LogP contribution in [-0.2, 0) is 22.9 Å². The Labute approximate surface area is 129 Å². The van der Waals surface area contributed by atoms with Gasteiger partial charge in [-0.1, -0.05) is 0 Å². The summed E-state index contributed by atoms with van der Waals surface area (Å²) in [5.41, 5.74) is 0. The predicted octanol–water partition coefficient (Wildman–Crippen LogP) is -5.95. The van der Waals surface area contributed by atoms with Crippen molar-refractivity contribution in [3.63, 3.8) is 0 Å². The summed E-state index contributed by atoms with van der Waals surface area (Å²) in [5, 5.41) is 39.0. The first kappa shape index (κ1) is 17.4. The first-order chi connectivity index (χ1) is 6.97. The molecule has 0 aromatic rings. The molecule has 5 N–H and O–H groups in total. The monoisotopic (exact) mass is 310 g/mol. The summed E-state index contributed by atoms with van der Waals surface area (Å²) in [4.78, 5) is 0. The van der Waals surface area contributed by atoms with Gasteiger partial charge >= 0.3 is 82.1 Å². The van der Waals surface area contributed by atoms with Crippen molar-refractivity contribution < 1.29 is 48.0 Å². The molecule has 2 bridgehead atoms. The maximum absolute atomic E-state index is 8.74. The summed E-state index contributed by atoms with van der Waals surface area (Å²) in [6.07, 6.45) is 0. The second kappa shape index (κ2) is 8.50.